The molecule has 84 valence electrons. The van der Waals surface area contributed by atoms with E-state index in [0.717, 1.165) is 12.1 Å². The Labute approximate surface area is 94.8 Å². The van der Waals surface area contributed by atoms with Crippen LogP contribution in [0.15, 0.2) is 6.07 Å². The van der Waals surface area contributed by atoms with Gasteiger partial charge in [0.2, 0.25) is 0 Å². The van der Waals surface area contributed by atoms with Crippen molar-refractivity contribution in [2.45, 2.75) is 13.3 Å². The summed E-state index contributed by atoms with van der Waals surface area (Å²) in [5.74, 6) is 0.408. The number of amides is 1. The van der Waals surface area contributed by atoms with Gasteiger partial charge in [-0.1, -0.05) is 6.92 Å². The summed E-state index contributed by atoms with van der Waals surface area (Å²) in [4.78, 5) is 13.5. The fraction of sp³-hybridized carbons (Fsp3) is 0.600. The van der Waals surface area contributed by atoms with Crippen LogP contribution >= 0.6 is 11.6 Å². The number of aryl methyl sites for hydroxylation is 2. The maximum atomic E-state index is 11.9. The second-order valence-corrected chi connectivity index (χ2v) is 3.79. The van der Waals surface area contributed by atoms with Crippen LogP contribution in [0.4, 0.5) is 0 Å². The Bertz CT molecular complexity index is 348. The van der Waals surface area contributed by atoms with Gasteiger partial charge in [-0.15, -0.1) is 11.6 Å². The fourth-order valence-corrected chi connectivity index (χ4v) is 1.58. The van der Waals surface area contributed by atoms with Crippen LogP contribution in [-0.2, 0) is 13.5 Å². The highest BCUT2D eigenvalue weighted by Gasteiger charge is 2.16. The lowest BCUT2D eigenvalue weighted by atomic mass is 10.3. The molecule has 1 rings (SSSR count). The Kier molecular flexibility index (Phi) is 4.15. The molecular formula is C10H16ClN3O. The molecule has 0 N–H and O–H groups in total. The summed E-state index contributed by atoms with van der Waals surface area (Å²) in [5, 5.41) is 4.23. The van der Waals surface area contributed by atoms with Crippen molar-refractivity contribution in [3.63, 3.8) is 0 Å². The maximum absolute atomic E-state index is 11.9. The molecule has 0 unspecified atom stereocenters. The number of alkyl halides is 1. The van der Waals surface area contributed by atoms with E-state index in [2.05, 4.69) is 5.10 Å². The molecule has 0 atom stereocenters. The van der Waals surface area contributed by atoms with E-state index in [0.29, 0.717) is 18.1 Å². The van der Waals surface area contributed by atoms with E-state index in [1.165, 1.54) is 0 Å². The van der Waals surface area contributed by atoms with Crippen molar-refractivity contribution in [1.29, 1.82) is 0 Å². The van der Waals surface area contributed by atoms with Crippen LogP contribution in [0.2, 0.25) is 0 Å². The summed E-state index contributed by atoms with van der Waals surface area (Å²) in [6.45, 7) is 2.56. The number of halogens is 1. The number of carbonyl (C=O) groups is 1. The van der Waals surface area contributed by atoms with Gasteiger partial charge in [-0.25, -0.2) is 0 Å². The van der Waals surface area contributed by atoms with Gasteiger partial charge in [0.05, 0.1) is 5.69 Å². The Morgan fingerprint density at radius 1 is 1.67 bits per heavy atom. The van der Waals surface area contributed by atoms with Crippen molar-refractivity contribution in [2.24, 2.45) is 7.05 Å². The van der Waals surface area contributed by atoms with Gasteiger partial charge in [0.25, 0.3) is 5.91 Å². The van der Waals surface area contributed by atoms with Gasteiger partial charge in [0, 0.05) is 26.5 Å². The quantitative estimate of drug-likeness (QED) is 0.730. The SMILES string of the molecule is CCc1cc(C(=O)N(C)CCCl)n(C)n1. The summed E-state index contributed by atoms with van der Waals surface area (Å²) < 4.78 is 1.62. The minimum Gasteiger partial charge on any atom is -0.339 e. The van der Waals surface area contributed by atoms with E-state index in [4.69, 9.17) is 11.6 Å². The van der Waals surface area contributed by atoms with Gasteiger partial charge >= 0.3 is 0 Å². The van der Waals surface area contributed by atoms with E-state index < -0.39 is 0 Å². The lowest BCUT2D eigenvalue weighted by Crippen LogP contribution is -2.30. The Balaban J connectivity index is 2.85. The van der Waals surface area contributed by atoms with E-state index >= 15 is 0 Å². The van der Waals surface area contributed by atoms with E-state index in [1.807, 2.05) is 13.0 Å². The molecule has 0 radical (unpaired) electrons. The van der Waals surface area contributed by atoms with Crippen LogP contribution in [0.5, 0.6) is 0 Å². The summed E-state index contributed by atoms with van der Waals surface area (Å²) in [7, 11) is 3.52. The summed E-state index contributed by atoms with van der Waals surface area (Å²) in [6, 6.07) is 1.83. The van der Waals surface area contributed by atoms with Gasteiger partial charge in [-0.05, 0) is 12.5 Å². The summed E-state index contributed by atoms with van der Waals surface area (Å²) >= 11 is 5.58. The molecule has 15 heavy (non-hydrogen) atoms. The number of aromatic nitrogens is 2. The van der Waals surface area contributed by atoms with Gasteiger partial charge < -0.3 is 4.90 Å². The van der Waals surface area contributed by atoms with Crippen LogP contribution in [0.1, 0.15) is 23.1 Å². The predicted octanol–water partition coefficient (Wildman–Crippen LogP) is 1.29. The number of nitrogens with zero attached hydrogens (tertiary/aromatic N) is 3. The average molecular weight is 230 g/mol. The number of rotatable bonds is 4. The van der Waals surface area contributed by atoms with Gasteiger partial charge in [0.15, 0.2) is 0 Å². The van der Waals surface area contributed by atoms with Crippen molar-refractivity contribution in [3.8, 4) is 0 Å². The van der Waals surface area contributed by atoms with Crippen molar-refractivity contribution in [1.82, 2.24) is 14.7 Å². The Morgan fingerprint density at radius 3 is 2.80 bits per heavy atom. The molecule has 1 amide bonds. The highest BCUT2D eigenvalue weighted by atomic mass is 35.5. The Hall–Kier alpha value is -1.03. The van der Waals surface area contributed by atoms with Gasteiger partial charge in [-0.2, -0.15) is 5.10 Å². The predicted molar refractivity (Wildman–Crippen MR) is 60.3 cm³/mol. The largest absolute Gasteiger partial charge is 0.339 e. The smallest absolute Gasteiger partial charge is 0.271 e. The molecule has 0 spiro atoms. The summed E-state index contributed by atoms with van der Waals surface area (Å²) in [5.41, 5.74) is 1.54. The number of carbonyl (C=O) groups excluding carboxylic acids is 1. The third kappa shape index (κ3) is 2.72. The molecular weight excluding hydrogens is 214 g/mol. The first-order valence-corrected chi connectivity index (χ1v) is 5.48. The third-order valence-electron chi connectivity index (χ3n) is 2.28. The molecule has 0 aliphatic heterocycles. The molecule has 5 heteroatoms. The third-order valence-corrected chi connectivity index (χ3v) is 2.45. The van der Waals surface area contributed by atoms with E-state index in [1.54, 1.807) is 23.7 Å². The monoisotopic (exact) mass is 229 g/mol. The summed E-state index contributed by atoms with van der Waals surface area (Å²) in [6.07, 6.45) is 0.834. The van der Waals surface area contributed by atoms with E-state index in [9.17, 15) is 4.79 Å². The normalized spacial score (nSPS) is 10.4. The minimum absolute atomic E-state index is 0.0367. The van der Waals surface area contributed by atoms with Crippen LogP contribution in [0, 0.1) is 0 Å². The molecule has 1 heterocycles. The maximum Gasteiger partial charge on any atom is 0.271 e. The second-order valence-electron chi connectivity index (χ2n) is 3.41. The van der Waals surface area contributed by atoms with Crippen LogP contribution in [0.25, 0.3) is 0 Å². The van der Waals surface area contributed by atoms with Crippen LogP contribution in [0.3, 0.4) is 0 Å². The van der Waals surface area contributed by atoms with Crippen molar-refractivity contribution < 1.29 is 4.79 Å². The first-order valence-electron chi connectivity index (χ1n) is 4.94. The van der Waals surface area contributed by atoms with Crippen LogP contribution in [-0.4, -0.2) is 40.1 Å². The van der Waals surface area contributed by atoms with Gasteiger partial charge in [0.1, 0.15) is 5.69 Å². The zero-order valence-corrected chi connectivity index (χ0v) is 10.1. The highest BCUT2D eigenvalue weighted by Crippen LogP contribution is 2.06. The molecule has 1 aromatic heterocycles. The highest BCUT2D eigenvalue weighted by molar-refractivity contribution is 6.18. The molecule has 1 aromatic rings. The molecule has 0 fully saturated rings. The molecule has 4 nitrogen and oxygen atoms in total. The fourth-order valence-electron chi connectivity index (χ4n) is 1.32. The molecule has 0 aliphatic carbocycles. The molecule has 0 aliphatic rings. The zero-order chi connectivity index (χ0) is 11.4. The average Bonchev–Trinajstić information content (AvgIpc) is 2.59. The molecule has 0 saturated carbocycles. The standard InChI is InChI=1S/C10H16ClN3O/c1-4-8-7-9(14(3)12-8)10(15)13(2)6-5-11/h7H,4-6H2,1-3H3. The van der Waals surface area contributed by atoms with E-state index in [-0.39, 0.29) is 5.91 Å². The number of hydrogen-bond acceptors (Lipinski definition) is 2. The first-order chi connectivity index (χ1) is 7.10. The van der Waals surface area contributed by atoms with Crippen molar-refractivity contribution in [3.05, 3.63) is 17.5 Å². The zero-order valence-electron chi connectivity index (χ0n) is 9.33. The lowest BCUT2D eigenvalue weighted by molar-refractivity contribution is 0.0792. The first kappa shape index (κ1) is 12.0. The Morgan fingerprint density at radius 2 is 2.33 bits per heavy atom. The minimum atomic E-state index is -0.0367. The topological polar surface area (TPSA) is 38.1 Å². The molecule has 0 bridgehead atoms. The van der Waals surface area contributed by atoms with Crippen molar-refractivity contribution in [2.75, 3.05) is 19.5 Å². The molecule has 0 saturated heterocycles. The second kappa shape index (κ2) is 5.16. The number of hydrogen-bond donors (Lipinski definition) is 0. The van der Waals surface area contributed by atoms with Gasteiger partial charge in [-0.3, -0.25) is 9.48 Å². The molecule has 0 aromatic carbocycles. The van der Waals surface area contributed by atoms with Crippen molar-refractivity contribution >= 4 is 17.5 Å². The lowest BCUT2D eigenvalue weighted by Gasteiger charge is -2.14. The van der Waals surface area contributed by atoms with Crippen LogP contribution < -0.4 is 0 Å².